The van der Waals surface area contributed by atoms with Gasteiger partial charge in [-0.25, -0.2) is 14.8 Å². The number of rotatable bonds is 3. The summed E-state index contributed by atoms with van der Waals surface area (Å²) in [6.07, 6.45) is 4.85. The number of carboxylic acid groups (broad SMARTS) is 1. The smallest absolute Gasteiger partial charge is 0.341 e. The van der Waals surface area contributed by atoms with Crippen molar-refractivity contribution >= 4 is 17.4 Å². The molecule has 17 heavy (non-hydrogen) atoms. The van der Waals surface area contributed by atoms with Crippen LogP contribution in [0.1, 0.15) is 18.7 Å². The Morgan fingerprint density at radius 1 is 1.47 bits per heavy atom. The van der Waals surface area contributed by atoms with E-state index in [2.05, 4.69) is 14.9 Å². The quantitative estimate of drug-likeness (QED) is 0.738. The van der Waals surface area contributed by atoms with Crippen molar-refractivity contribution in [3.05, 3.63) is 24.3 Å². The second-order valence-corrected chi connectivity index (χ2v) is 3.82. The van der Waals surface area contributed by atoms with Crippen LogP contribution >= 0.6 is 0 Å². The molecule has 0 aliphatic carbocycles. The second kappa shape index (κ2) is 4.82. The predicted octanol–water partition coefficient (Wildman–Crippen LogP) is 0.461. The van der Waals surface area contributed by atoms with Gasteiger partial charge in [0, 0.05) is 25.5 Å². The molecule has 0 saturated carbocycles. The minimum Gasteiger partial charge on any atom is -0.477 e. The maximum absolute atomic E-state index is 10.9. The molecule has 6 nitrogen and oxygen atoms in total. The number of hydrogen-bond donors (Lipinski definition) is 2. The van der Waals surface area contributed by atoms with Crippen LogP contribution in [0.2, 0.25) is 0 Å². The molecule has 1 aliphatic heterocycles. The molecular formula is C11H14N4O2. The number of aliphatic carboxylic acids is 1. The van der Waals surface area contributed by atoms with Crippen LogP contribution in [0, 0.1) is 0 Å². The summed E-state index contributed by atoms with van der Waals surface area (Å²) in [5, 5.41) is 8.94. The van der Waals surface area contributed by atoms with Crippen molar-refractivity contribution in [2.45, 2.75) is 12.8 Å². The summed E-state index contributed by atoms with van der Waals surface area (Å²) in [4.78, 5) is 21.2. The normalized spacial score (nSPS) is 16.2. The van der Waals surface area contributed by atoms with Crippen LogP contribution in [0.4, 0.5) is 5.82 Å². The van der Waals surface area contributed by atoms with Crippen LogP contribution in [-0.2, 0) is 4.79 Å². The van der Waals surface area contributed by atoms with Crippen LogP contribution in [0.3, 0.4) is 0 Å². The average Bonchev–Trinajstić information content (AvgIpc) is 2.83. The highest BCUT2D eigenvalue weighted by molar-refractivity contribution is 6.13. The van der Waals surface area contributed by atoms with Gasteiger partial charge < -0.3 is 15.7 Å². The average molecular weight is 234 g/mol. The SMILES string of the molecule is N/C=C(/C(=O)O)c1nccc(N2CCCC2)n1. The Balaban J connectivity index is 2.30. The molecule has 0 radical (unpaired) electrons. The first-order valence-corrected chi connectivity index (χ1v) is 5.46. The highest BCUT2D eigenvalue weighted by Gasteiger charge is 2.17. The van der Waals surface area contributed by atoms with Gasteiger partial charge in [0.2, 0.25) is 0 Å². The van der Waals surface area contributed by atoms with Gasteiger partial charge in [-0.1, -0.05) is 0 Å². The molecule has 6 heteroatoms. The Morgan fingerprint density at radius 3 is 2.76 bits per heavy atom. The fraction of sp³-hybridized carbons (Fsp3) is 0.364. The van der Waals surface area contributed by atoms with Gasteiger partial charge in [-0.15, -0.1) is 0 Å². The van der Waals surface area contributed by atoms with Gasteiger partial charge in [0.1, 0.15) is 11.4 Å². The fourth-order valence-corrected chi connectivity index (χ4v) is 1.84. The van der Waals surface area contributed by atoms with Crippen molar-refractivity contribution in [1.82, 2.24) is 9.97 Å². The molecule has 0 bridgehead atoms. The molecule has 1 fully saturated rings. The molecule has 3 N–H and O–H groups in total. The standard InChI is InChI=1S/C11H14N4O2/c12-7-8(11(16)17)10-13-4-3-9(14-10)15-5-1-2-6-15/h3-4,7H,1-2,5-6,12H2,(H,16,17)/b8-7+. The van der Waals surface area contributed by atoms with E-state index in [1.807, 2.05) is 0 Å². The molecule has 0 aromatic carbocycles. The van der Waals surface area contributed by atoms with Crippen LogP contribution in [-0.4, -0.2) is 34.1 Å². The van der Waals surface area contributed by atoms with Crippen LogP contribution in [0.5, 0.6) is 0 Å². The number of carbonyl (C=O) groups is 1. The van der Waals surface area contributed by atoms with E-state index in [1.165, 1.54) is 0 Å². The molecule has 0 unspecified atom stereocenters. The molecular weight excluding hydrogens is 220 g/mol. The van der Waals surface area contributed by atoms with Gasteiger partial charge in [-0.3, -0.25) is 0 Å². The summed E-state index contributed by atoms with van der Waals surface area (Å²) in [6.45, 7) is 1.90. The molecule has 0 spiro atoms. The zero-order chi connectivity index (χ0) is 12.3. The van der Waals surface area contributed by atoms with E-state index in [4.69, 9.17) is 10.8 Å². The number of hydrogen-bond acceptors (Lipinski definition) is 5. The van der Waals surface area contributed by atoms with Gasteiger partial charge in [-0.2, -0.15) is 0 Å². The highest BCUT2D eigenvalue weighted by Crippen LogP contribution is 2.19. The van der Waals surface area contributed by atoms with E-state index in [-0.39, 0.29) is 11.4 Å². The van der Waals surface area contributed by atoms with Gasteiger partial charge in [0.05, 0.1) is 0 Å². The van der Waals surface area contributed by atoms with Gasteiger partial charge in [-0.05, 0) is 18.9 Å². The molecule has 1 aromatic heterocycles. The van der Waals surface area contributed by atoms with Crippen molar-refractivity contribution in [2.24, 2.45) is 5.73 Å². The Labute approximate surface area is 98.8 Å². The minimum atomic E-state index is -1.12. The Bertz CT molecular complexity index is 453. The van der Waals surface area contributed by atoms with E-state index in [9.17, 15) is 4.79 Å². The monoisotopic (exact) mass is 234 g/mol. The van der Waals surface area contributed by atoms with Gasteiger partial charge in [0.25, 0.3) is 0 Å². The zero-order valence-corrected chi connectivity index (χ0v) is 9.33. The lowest BCUT2D eigenvalue weighted by Crippen LogP contribution is -2.20. The topological polar surface area (TPSA) is 92.3 Å². The lowest BCUT2D eigenvalue weighted by molar-refractivity contribution is -0.130. The van der Waals surface area contributed by atoms with Crippen LogP contribution in [0.15, 0.2) is 18.5 Å². The van der Waals surface area contributed by atoms with Crippen molar-refractivity contribution in [1.29, 1.82) is 0 Å². The van der Waals surface area contributed by atoms with Crippen molar-refractivity contribution < 1.29 is 9.90 Å². The van der Waals surface area contributed by atoms with Crippen molar-refractivity contribution in [3.63, 3.8) is 0 Å². The number of nitrogens with zero attached hydrogens (tertiary/aromatic N) is 3. The molecule has 1 saturated heterocycles. The number of anilines is 1. The third-order valence-corrected chi connectivity index (χ3v) is 2.71. The summed E-state index contributed by atoms with van der Waals surface area (Å²) < 4.78 is 0. The fourth-order valence-electron chi connectivity index (χ4n) is 1.84. The first-order valence-electron chi connectivity index (χ1n) is 5.46. The van der Waals surface area contributed by atoms with Crippen LogP contribution in [0.25, 0.3) is 5.57 Å². The Hall–Kier alpha value is -2.11. The van der Waals surface area contributed by atoms with Crippen molar-refractivity contribution in [2.75, 3.05) is 18.0 Å². The second-order valence-electron chi connectivity index (χ2n) is 3.82. The lowest BCUT2D eigenvalue weighted by atomic mass is 10.2. The maximum atomic E-state index is 10.9. The zero-order valence-electron chi connectivity index (χ0n) is 9.33. The summed E-state index contributed by atoms with van der Waals surface area (Å²) in [6, 6.07) is 1.78. The molecule has 2 heterocycles. The largest absolute Gasteiger partial charge is 0.477 e. The van der Waals surface area contributed by atoms with Crippen LogP contribution < -0.4 is 10.6 Å². The minimum absolute atomic E-state index is 0.0777. The predicted molar refractivity (Wildman–Crippen MR) is 63.3 cm³/mol. The summed E-state index contributed by atoms with van der Waals surface area (Å²) >= 11 is 0. The molecule has 90 valence electrons. The van der Waals surface area contributed by atoms with E-state index >= 15 is 0 Å². The van der Waals surface area contributed by atoms with E-state index in [1.54, 1.807) is 12.3 Å². The van der Waals surface area contributed by atoms with E-state index in [0.29, 0.717) is 0 Å². The molecule has 0 atom stereocenters. The third kappa shape index (κ3) is 2.35. The summed E-state index contributed by atoms with van der Waals surface area (Å²) in [5.74, 6) is -0.205. The number of nitrogens with two attached hydrogens (primary N) is 1. The third-order valence-electron chi connectivity index (χ3n) is 2.71. The van der Waals surface area contributed by atoms with Gasteiger partial charge in [0.15, 0.2) is 5.82 Å². The van der Waals surface area contributed by atoms with E-state index in [0.717, 1.165) is 37.9 Å². The van der Waals surface area contributed by atoms with E-state index < -0.39 is 5.97 Å². The maximum Gasteiger partial charge on any atom is 0.341 e. The lowest BCUT2D eigenvalue weighted by Gasteiger charge is -2.16. The van der Waals surface area contributed by atoms with Crippen molar-refractivity contribution in [3.8, 4) is 0 Å². The highest BCUT2D eigenvalue weighted by atomic mass is 16.4. The first-order chi connectivity index (χ1) is 8.22. The molecule has 1 aromatic rings. The number of aromatic nitrogens is 2. The Kier molecular flexibility index (Phi) is 3.22. The number of carboxylic acids is 1. The molecule has 2 rings (SSSR count). The summed E-state index contributed by atoms with van der Waals surface area (Å²) in [7, 11) is 0. The molecule has 1 aliphatic rings. The first kappa shape index (κ1) is 11.4. The molecule has 0 amide bonds. The Morgan fingerprint density at radius 2 is 2.18 bits per heavy atom. The summed E-state index contributed by atoms with van der Waals surface area (Å²) in [5.41, 5.74) is 5.20. The van der Waals surface area contributed by atoms with Gasteiger partial charge >= 0.3 is 5.97 Å².